The molecule has 7 heteroatoms. The molecule has 6 nitrogen and oxygen atoms in total. The number of aromatic nitrogens is 2. The smallest absolute Gasteiger partial charge is 0.317 e. The number of amides is 2. The third kappa shape index (κ3) is 3.27. The highest BCUT2D eigenvalue weighted by molar-refractivity contribution is 5.90. The van der Waals surface area contributed by atoms with E-state index >= 15 is 0 Å². The second-order valence-corrected chi connectivity index (χ2v) is 7.46. The fourth-order valence-electron chi connectivity index (χ4n) is 4.19. The van der Waals surface area contributed by atoms with Crippen LogP contribution in [-0.4, -0.2) is 27.2 Å². The number of urea groups is 1. The molecule has 0 spiro atoms. The molecule has 1 atom stereocenters. The number of fused-ring (bicyclic) bond motifs is 1. The van der Waals surface area contributed by atoms with Gasteiger partial charge in [0.1, 0.15) is 11.9 Å². The maximum atomic E-state index is 13.5. The Bertz CT molecular complexity index is 910. The number of nitrogens with zero attached hydrogens (tertiary/aromatic N) is 3. The number of aromatic amines is 1. The van der Waals surface area contributed by atoms with E-state index in [-0.39, 0.29) is 17.6 Å². The molecule has 2 aliphatic rings. The van der Waals surface area contributed by atoms with E-state index in [2.05, 4.69) is 15.5 Å². The fraction of sp³-hybridized carbons (Fsp3) is 0.450. The van der Waals surface area contributed by atoms with Crippen molar-refractivity contribution in [1.29, 1.82) is 5.26 Å². The quantitative estimate of drug-likeness (QED) is 0.839. The molecule has 0 saturated heterocycles. The predicted molar refractivity (Wildman–Crippen MR) is 98.6 cm³/mol. The highest BCUT2D eigenvalue weighted by atomic mass is 19.1. The monoisotopic (exact) mass is 367 g/mol. The lowest BCUT2D eigenvalue weighted by Gasteiger charge is -2.33. The molecule has 140 valence electrons. The normalized spacial score (nSPS) is 19.6. The van der Waals surface area contributed by atoms with Crippen molar-refractivity contribution in [2.75, 3.05) is 5.32 Å². The first-order chi connectivity index (χ1) is 13.1. The van der Waals surface area contributed by atoms with E-state index in [1.54, 1.807) is 11.0 Å². The summed E-state index contributed by atoms with van der Waals surface area (Å²) in [5.74, 6) is -0.107. The molecule has 2 amide bonds. The number of carbonyl (C=O) groups is 1. The van der Waals surface area contributed by atoms with Crippen molar-refractivity contribution < 1.29 is 9.18 Å². The van der Waals surface area contributed by atoms with E-state index in [4.69, 9.17) is 5.26 Å². The first-order valence-corrected chi connectivity index (χ1v) is 9.40. The number of carbonyl (C=O) groups excluding carboxylic acids is 1. The highest BCUT2D eigenvalue weighted by Crippen LogP contribution is 2.37. The Hall–Kier alpha value is -2.88. The van der Waals surface area contributed by atoms with E-state index in [0.717, 1.165) is 36.2 Å². The van der Waals surface area contributed by atoms with Gasteiger partial charge in [0.2, 0.25) is 0 Å². The average molecular weight is 367 g/mol. The van der Waals surface area contributed by atoms with Gasteiger partial charge in [0.15, 0.2) is 0 Å². The Kier molecular flexibility index (Phi) is 4.56. The van der Waals surface area contributed by atoms with Crippen LogP contribution in [0.5, 0.6) is 0 Å². The maximum absolute atomic E-state index is 13.5. The topological polar surface area (TPSA) is 84.8 Å². The molecule has 2 heterocycles. The molecular formula is C20H22FN5O. The Morgan fingerprint density at radius 3 is 2.93 bits per heavy atom. The molecule has 0 radical (unpaired) electrons. The number of anilines is 1. The van der Waals surface area contributed by atoms with E-state index in [0.29, 0.717) is 18.2 Å². The van der Waals surface area contributed by atoms with Gasteiger partial charge in [-0.2, -0.15) is 10.4 Å². The number of H-pyrrole nitrogens is 1. The van der Waals surface area contributed by atoms with Gasteiger partial charge in [0.25, 0.3) is 0 Å². The summed E-state index contributed by atoms with van der Waals surface area (Å²) in [6, 6.07) is 5.58. The molecular weight excluding hydrogens is 345 g/mol. The molecule has 1 fully saturated rings. The molecule has 1 aromatic carbocycles. The van der Waals surface area contributed by atoms with Gasteiger partial charge in [-0.1, -0.05) is 12.8 Å². The van der Waals surface area contributed by atoms with Crippen LogP contribution in [0.4, 0.5) is 14.9 Å². The third-order valence-electron chi connectivity index (χ3n) is 5.69. The number of nitriles is 1. The van der Waals surface area contributed by atoms with Gasteiger partial charge in [-0.05, 0) is 38.0 Å². The maximum Gasteiger partial charge on any atom is 0.322 e. The van der Waals surface area contributed by atoms with Crippen LogP contribution in [0.3, 0.4) is 0 Å². The second kappa shape index (κ2) is 7.03. The van der Waals surface area contributed by atoms with Crippen molar-refractivity contribution in [3.63, 3.8) is 0 Å². The number of rotatable bonds is 2. The molecule has 0 bridgehead atoms. The summed E-state index contributed by atoms with van der Waals surface area (Å²) in [6.07, 6.45) is 5.52. The summed E-state index contributed by atoms with van der Waals surface area (Å²) in [4.78, 5) is 14.6. The Morgan fingerprint density at radius 1 is 1.41 bits per heavy atom. The van der Waals surface area contributed by atoms with Gasteiger partial charge >= 0.3 is 6.03 Å². The summed E-state index contributed by atoms with van der Waals surface area (Å²) >= 11 is 0. The van der Waals surface area contributed by atoms with Crippen LogP contribution >= 0.6 is 0 Å². The molecule has 1 aromatic heterocycles. The van der Waals surface area contributed by atoms with Crippen LogP contribution in [0.15, 0.2) is 18.2 Å². The lowest BCUT2D eigenvalue weighted by atomic mass is 9.93. The lowest BCUT2D eigenvalue weighted by Crippen LogP contribution is -2.45. The minimum atomic E-state index is -0.592. The van der Waals surface area contributed by atoms with E-state index in [1.807, 2.05) is 6.92 Å². The summed E-state index contributed by atoms with van der Waals surface area (Å²) < 4.78 is 13.5. The van der Waals surface area contributed by atoms with Gasteiger partial charge in [-0.3, -0.25) is 5.10 Å². The first kappa shape index (κ1) is 17.5. The zero-order valence-electron chi connectivity index (χ0n) is 15.3. The van der Waals surface area contributed by atoms with Crippen molar-refractivity contribution in [3.05, 3.63) is 46.5 Å². The van der Waals surface area contributed by atoms with Crippen molar-refractivity contribution in [2.45, 2.75) is 57.5 Å². The van der Waals surface area contributed by atoms with Crippen LogP contribution in [0, 0.1) is 17.1 Å². The lowest BCUT2D eigenvalue weighted by molar-refractivity contribution is 0.181. The third-order valence-corrected chi connectivity index (χ3v) is 5.69. The standard InChI is InChI=1S/C20H22FN5O/c1-12-8-18-16(19(25-24-18)13-4-2-3-5-13)11-26(12)20(27)23-15-6-7-17(21)14(9-15)10-22/h6-7,9,12-13H,2-5,8,11H2,1H3,(H,23,27)(H,24,25). The molecule has 1 aliphatic carbocycles. The Morgan fingerprint density at radius 2 is 2.19 bits per heavy atom. The molecule has 1 aliphatic heterocycles. The van der Waals surface area contributed by atoms with Crippen molar-refractivity contribution in [2.24, 2.45) is 0 Å². The van der Waals surface area contributed by atoms with Gasteiger partial charge in [-0.25, -0.2) is 9.18 Å². The van der Waals surface area contributed by atoms with Gasteiger partial charge in [0.05, 0.1) is 17.8 Å². The second-order valence-electron chi connectivity index (χ2n) is 7.46. The predicted octanol–water partition coefficient (Wildman–Crippen LogP) is 4.06. The number of nitrogens with one attached hydrogen (secondary N) is 2. The number of benzene rings is 1. The Balaban J connectivity index is 1.53. The zero-order valence-corrected chi connectivity index (χ0v) is 15.3. The summed E-state index contributed by atoms with van der Waals surface area (Å²) in [5.41, 5.74) is 3.72. The number of hydrogen-bond donors (Lipinski definition) is 2. The first-order valence-electron chi connectivity index (χ1n) is 9.40. The largest absolute Gasteiger partial charge is 0.322 e. The van der Waals surface area contributed by atoms with Crippen LogP contribution in [0.1, 0.15) is 61.0 Å². The van der Waals surface area contributed by atoms with Crippen molar-refractivity contribution in [3.8, 4) is 6.07 Å². The molecule has 2 aromatic rings. The van der Waals surface area contributed by atoms with Gasteiger partial charge in [0, 0.05) is 35.3 Å². The van der Waals surface area contributed by atoms with Crippen LogP contribution < -0.4 is 5.32 Å². The van der Waals surface area contributed by atoms with Crippen molar-refractivity contribution >= 4 is 11.7 Å². The summed E-state index contributed by atoms with van der Waals surface area (Å²) in [5, 5.41) is 19.5. The van der Waals surface area contributed by atoms with E-state index < -0.39 is 5.82 Å². The highest BCUT2D eigenvalue weighted by Gasteiger charge is 2.33. The Labute approximate surface area is 157 Å². The molecule has 27 heavy (non-hydrogen) atoms. The summed E-state index contributed by atoms with van der Waals surface area (Å²) in [7, 11) is 0. The minimum absolute atomic E-state index is 0.0188. The number of hydrogen-bond acceptors (Lipinski definition) is 3. The molecule has 1 saturated carbocycles. The van der Waals surface area contributed by atoms with Crippen LogP contribution in [-0.2, 0) is 13.0 Å². The van der Waals surface area contributed by atoms with E-state index in [1.165, 1.54) is 31.0 Å². The summed E-state index contributed by atoms with van der Waals surface area (Å²) in [6.45, 7) is 2.51. The molecule has 2 N–H and O–H groups in total. The molecule has 4 rings (SSSR count). The van der Waals surface area contributed by atoms with Crippen molar-refractivity contribution in [1.82, 2.24) is 15.1 Å². The molecule has 1 unspecified atom stereocenters. The van der Waals surface area contributed by atoms with E-state index in [9.17, 15) is 9.18 Å². The van der Waals surface area contributed by atoms with Crippen LogP contribution in [0.25, 0.3) is 0 Å². The van der Waals surface area contributed by atoms with Crippen LogP contribution in [0.2, 0.25) is 0 Å². The van der Waals surface area contributed by atoms with Gasteiger partial charge in [-0.15, -0.1) is 0 Å². The zero-order chi connectivity index (χ0) is 19.0. The van der Waals surface area contributed by atoms with Gasteiger partial charge < -0.3 is 10.2 Å². The minimum Gasteiger partial charge on any atom is -0.317 e. The number of halogens is 1. The SMILES string of the molecule is CC1Cc2[nH]nc(C3CCCC3)c2CN1C(=O)Nc1ccc(F)c(C#N)c1. The fourth-order valence-corrected chi connectivity index (χ4v) is 4.19. The average Bonchev–Trinajstić information content (AvgIpc) is 3.31.